The minimum atomic E-state index is 0.783. The monoisotopic (exact) mass is 262 g/mol. The first kappa shape index (κ1) is 12.2. The van der Waals surface area contributed by atoms with Crippen molar-refractivity contribution < 1.29 is 0 Å². The molecule has 88 valence electrons. The lowest BCUT2D eigenvalue weighted by molar-refractivity contribution is 1.25. The Labute approximate surface area is 110 Å². The Morgan fingerprint density at radius 2 is 2.24 bits per heavy atom. The number of anilines is 1. The van der Waals surface area contributed by atoms with Crippen molar-refractivity contribution in [2.24, 2.45) is 0 Å². The summed E-state index contributed by atoms with van der Waals surface area (Å²) in [7, 11) is 0. The number of aromatic nitrogens is 1. The van der Waals surface area contributed by atoms with Crippen molar-refractivity contribution in [3.8, 4) is 11.3 Å². The van der Waals surface area contributed by atoms with Gasteiger partial charge in [0.15, 0.2) is 4.34 Å². The normalized spacial score (nSPS) is 10.4. The number of nitrogens with zero attached hydrogens (tertiary/aromatic N) is 1. The lowest BCUT2D eigenvalue weighted by Crippen LogP contribution is -1.88. The summed E-state index contributed by atoms with van der Waals surface area (Å²) >= 11 is 3.20. The van der Waals surface area contributed by atoms with Crippen LogP contribution in [-0.2, 0) is 0 Å². The predicted octanol–water partition coefficient (Wildman–Crippen LogP) is 3.98. The van der Waals surface area contributed by atoms with Gasteiger partial charge in [-0.3, -0.25) is 0 Å². The van der Waals surface area contributed by atoms with Crippen LogP contribution in [0.1, 0.15) is 5.56 Å². The van der Waals surface area contributed by atoms with Crippen LogP contribution in [0.3, 0.4) is 0 Å². The number of thiazole rings is 1. The third-order valence-electron chi connectivity index (χ3n) is 2.36. The smallest absolute Gasteiger partial charge is 0.152 e. The number of benzene rings is 1. The van der Waals surface area contributed by atoms with Gasteiger partial charge in [-0.2, -0.15) is 0 Å². The van der Waals surface area contributed by atoms with Crippen LogP contribution in [-0.4, -0.2) is 10.7 Å². The van der Waals surface area contributed by atoms with Gasteiger partial charge < -0.3 is 5.73 Å². The van der Waals surface area contributed by atoms with Crippen LogP contribution < -0.4 is 5.73 Å². The summed E-state index contributed by atoms with van der Waals surface area (Å²) in [5.74, 6) is 0.861. The summed E-state index contributed by atoms with van der Waals surface area (Å²) in [5.41, 5.74) is 9.25. The standard InChI is InChI=1S/C13H14N2S2/c1-3-8-16-13-15-11(12(14)17-13)10-7-5-4-6-9(10)2/h3-7H,1,8,14H2,2H3. The summed E-state index contributed by atoms with van der Waals surface area (Å²) in [5, 5.41) is 0.783. The van der Waals surface area contributed by atoms with Gasteiger partial charge in [-0.05, 0) is 12.5 Å². The zero-order valence-corrected chi connectivity index (χ0v) is 11.3. The van der Waals surface area contributed by atoms with Crippen molar-refractivity contribution in [2.75, 3.05) is 11.5 Å². The second kappa shape index (κ2) is 5.38. The van der Waals surface area contributed by atoms with E-state index in [4.69, 9.17) is 5.73 Å². The molecule has 2 rings (SSSR count). The first-order valence-electron chi connectivity index (χ1n) is 5.28. The van der Waals surface area contributed by atoms with E-state index in [0.717, 1.165) is 26.4 Å². The molecule has 4 heteroatoms. The number of aryl methyl sites for hydroxylation is 1. The fraction of sp³-hybridized carbons (Fsp3) is 0.154. The SMILES string of the molecule is C=CCSc1nc(-c2ccccc2C)c(N)s1. The topological polar surface area (TPSA) is 38.9 Å². The molecule has 1 heterocycles. The van der Waals surface area contributed by atoms with Crippen molar-refractivity contribution in [1.82, 2.24) is 4.98 Å². The highest BCUT2D eigenvalue weighted by atomic mass is 32.2. The number of nitrogen functional groups attached to an aromatic ring is 1. The molecule has 0 amide bonds. The van der Waals surface area contributed by atoms with E-state index in [1.54, 1.807) is 11.8 Å². The Morgan fingerprint density at radius 1 is 1.47 bits per heavy atom. The maximum atomic E-state index is 6.03. The van der Waals surface area contributed by atoms with Gasteiger partial charge in [0.25, 0.3) is 0 Å². The quantitative estimate of drug-likeness (QED) is 0.669. The molecule has 1 aromatic heterocycles. The summed E-state index contributed by atoms with van der Waals surface area (Å²) in [6.45, 7) is 5.78. The molecule has 2 nitrogen and oxygen atoms in total. The molecule has 0 aliphatic carbocycles. The number of thioether (sulfide) groups is 1. The van der Waals surface area contributed by atoms with Gasteiger partial charge in [-0.15, -0.1) is 6.58 Å². The summed E-state index contributed by atoms with van der Waals surface area (Å²) in [6.07, 6.45) is 1.87. The molecule has 0 saturated heterocycles. The number of rotatable bonds is 4. The highest BCUT2D eigenvalue weighted by Gasteiger charge is 2.12. The van der Waals surface area contributed by atoms with Crippen LogP contribution in [0, 0.1) is 6.92 Å². The average Bonchev–Trinajstić information content (AvgIpc) is 2.68. The van der Waals surface area contributed by atoms with Crippen LogP contribution in [0.5, 0.6) is 0 Å². The van der Waals surface area contributed by atoms with E-state index in [1.165, 1.54) is 16.9 Å². The van der Waals surface area contributed by atoms with Crippen molar-refractivity contribution in [1.29, 1.82) is 0 Å². The van der Waals surface area contributed by atoms with E-state index < -0.39 is 0 Å². The van der Waals surface area contributed by atoms with Crippen LogP contribution in [0.4, 0.5) is 5.00 Å². The van der Waals surface area contributed by atoms with Crippen molar-refractivity contribution in [3.05, 3.63) is 42.5 Å². The number of nitrogens with two attached hydrogens (primary N) is 1. The maximum Gasteiger partial charge on any atom is 0.152 e. The van der Waals surface area contributed by atoms with E-state index in [1.807, 2.05) is 18.2 Å². The Hall–Kier alpha value is -1.26. The second-order valence-electron chi connectivity index (χ2n) is 3.61. The molecule has 0 radical (unpaired) electrons. The van der Waals surface area contributed by atoms with E-state index in [9.17, 15) is 0 Å². The van der Waals surface area contributed by atoms with Gasteiger partial charge in [0.2, 0.25) is 0 Å². The molecular weight excluding hydrogens is 248 g/mol. The van der Waals surface area contributed by atoms with Gasteiger partial charge in [0.05, 0.1) is 0 Å². The molecule has 0 spiro atoms. The van der Waals surface area contributed by atoms with Crippen molar-refractivity contribution >= 4 is 28.1 Å². The summed E-state index contributed by atoms with van der Waals surface area (Å²) in [4.78, 5) is 4.59. The second-order valence-corrected chi connectivity index (χ2v) is 5.91. The van der Waals surface area contributed by atoms with Crippen molar-refractivity contribution in [2.45, 2.75) is 11.3 Å². The average molecular weight is 262 g/mol. The van der Waals surface area contributed by atoms with E-state index in [2.05, 4.69) is 30.6 Å². The van der Waals surface area contributed by atoms with Gasteiger partial charge in [-0.1, -0.05) is 53.4 Å². The fourth-order valence-corrected chi connectivity index (χ4v) is 3.24. The van der Waals surface area contributed by atoms with Gasteiger partial charge in [0.1, 0.15) is 10.7 Å². The van der Waals surface area contributed by atoms with E-state index in [0.29, 0.717) is 0 Å². The lowest BCUT2D eigenvalue weighted by Gasteiger charge is -2.02. The van der Waals surface area contributed by atoms with Gasteiger partial charge in [0, 0.05) is 11.3 Å². The zero-order valence-electron chi connectivity index (χ0n) is 9.64. The van der Waals surface area contributed by atoms with E-state index >= 15 is 0 Å². The largest absolute Gasteiger partial charge is 0.389 e. The molecule has 0 aliphatic rings. The van der Waals surface area contributed by atoms with Crippen molar-refractivity contribution in [3.63, 3.8) is 0 Å². The molecule has 0 fully saturated rings. The number of hydrogen-bond donors (Lipinski definition) is 1. The Bertz CT molecular complexity index is 532. The Balaban J connectivity index is 2.36. The number of hydrogen-bond acceptors (Lipinski definition) is 4. The molecule has 1 aromatic carbocycles. The highest BCUT2D eigenvalue weighted by molar-refractivity contribution is 8.01. The highest BCUT2D eigenvalue weighted by Crippen LogP contribution is 2.36. The summed E-state index contributed by atoms with van der Waals surface area (Å²) in [6, 6.07) is 8.17. The van der Waals surface area contributed by atoms with Crippen LogP contribution in [0.15, 0.2) is 41.3 Å². The van der Waals surface area contributed by atoms with Gasteiger partial charge >= 0.3 is 0 Å². The fourth-order valence-electron chi connectivity index (χ4n) is 1.54. The van der Waals surface area contributed by atoms with Crippen LogP contribution >= 0.6 is 23.1 Å². The van der Waals surface area contributed by atoms with Crippen LogP contribution in [0.2, 0.25) is 0 Å². The third-order valence-corrected chi connectivity index (χ3v) is 4.38. The molecule has 2 N–H and O–H groups in total. The molecule has 0 atom stereocenters. The Morgan fingerprint density at radius 3 is 2.94 bits per heavy atom. The zero-order chi connectivity index (χ0) is 12.3. The molecule has 0 bridgehead atoms. The lowest BCUT2D eigenvalue weighted by atomic mass is 10.1. The predicted molar refractivity (Wildman–Crippen MR) is 77.6 cm³/mol. The van der Waals surface area contributed by atoms with Gasteiger partial charge in [-0.25, -0.2) is 4.98 Å². The van der Waals surface area contributed by atoms with Crippen LogP contribution in [0.25, 0.3) is 11.3 Å². The van der Waals surface area contributed by atoms with E-state index in [-0.39, 0.29) is 0 Å². The molecule has 0 aliphatic heterocycles. The molecule has 2 aromatic rings. The molecular formula is C13H14N2S2. The third kappa shape index (κ3) is 2.70. The molecule has 17 heavy (non-hydrogen) atoms. The first-order chi connectivity index (χ1) is 8.22. The summed E-state index contributed by atoms with van der Waals surface area (Å²) < 4.78 is 1.00. The minimum absolute atomic E-state index is 0.783. The maximum absolute atomic E-state index is 6.03. The molecule has 0 saturated carbocycles. The minimum Gasteiger partial charge on any atom is -0.389 e. The first-order valence-corrected chi connectivity index (χ1v) is 7.08. The Kier molecular flexibility index (Phi) is 3.86. The molecule has 0 unspecified atom stereocenters.